The molecule has 0 spiro atoms. The van der Waals surface area contributed by atoms with Crippen LogP contribution in [-0.4, -0.2) is 36.2 Å². The monoisotopic (exact) mass is 292 g/mol. The topological polar surface area (TPSA) is 35.5 Å². The fourth-order valence-electron chi connectivity index (χ4n) is 3.97. The van der Waals surface area contributed by atoms with Crippen molar-refractivity contribution in [2.75, 3.05) is 26.2 Å². The number of hydrogen-bond acceptors (Lipinski definition) is 3. The average Bonchev–Trinajstić information content (AvgIpc) is 2.99. The lowest BCUT2D eigenvalue weighted by Crippen LogP contribution is -2.46. The van der Waals surface area contributed by atoms with E-state index < -0.39 is 0 Å². The van der Waals surface area contributed by atoms with Crippen LogP contribution in [0.2, 0.25) is 0 Å². The molecule has 1 saturated heterocycles. The highest BCUT2D eigenvalue weighted by Gasteiger charge is 2.34. The van der Waals surface area contributed by atoms with E-state index in [1.165, 1.54) is 31.7 Å². The molecule has 1 saturated carbocycles. The highest BCUT2D eigenvalue weighted by Crippen LogP contribution is 2.43. The molecule has 2 N–H and O–H groups in total. The minimum Gasteiger partial charge on any atom is -0.507 e. The van der Waals surface area contributed by atoms with Crippen molar-refractivity contribution < 1.29 is 9.50 Å². The second-order valence-electron chi connectivity index (χ2n) is 6.44. The number of nitrogens with one attached hydrogen (secondary N) is 1. The minimum atomic E-state index is -0.238. The first-order valence-corrected chi connectivity index (χ1v) is 8.10. The standard InChI is InChI=1S/C17H25FN2O/c1-12-10-14(18)11-15(17(12)21)16(13-4-2-3-5-13)20-8-6-19-7-9-20/h10-11,13,16,19,21H,2-9H2,1H3/t16-/m0/s1. The SMILES string of the molecule is Cc1cc(F)cc([C@H](C2CCCC2)N2CCNCC2)c1O. The lowest BCUT2D eigenvalue weighted by atomic mass is 9.88. The van der Waals surface area contributed by atoms with Gasteiger partial charge in [-0.3, -0.25) is 4.90 Å². The number of aromatic hydroxyl groups is 1. The molecule has 1 heterocycles. The van der Waals surface area contributed by atoms with Crippen molar-refractivity contribution >= 4 is 0 Å². The summed E-state index contributed by atoms with van der Waals surface area (Å²) in [6.07, 6.45) is 4.87. The Morgan fingerprint density at radius 2 is 1.90 bits per heavy atom. The van der Waals surface area contributed by atoms with E-state index in [1.807, 2.05) is 0 Å². The van der Waals surface area contributed by atoms with Gasteiger partial charge in [-0.15, -0.1) is 0 Å². The van der Waals surface area contributed by atoms with Gasteiger partial charge in [-0.2, -0.15) is 0 Å². The first-order valence-electron chi connectivity index (χ1n) is 8.10. The Kier molecular flexibility index (Phi) is 4.45. The molecule has 2 aliphatic rings. The molecule has 1 aliphatic heterocycles. The highest BCUT2D eigenvalue weighted by atomic mass is 19.1. The summed E-state index contributed by atoms with van der Waals surface area (Å²) in [6, 6.07) is 3.12. The summed E-state index contributed by atoms with van der Waals surface area (Å²) in [5.74, 6) is 0.584. The minimum absolute atomic E-state index is 0.156. The zero-order valence-corrected chi connectivity index (χ0v) is 12.7. The number of halogens is 1. The molecule has 0 bridgehead atoms. The molecule has 2 fully saturated rings. The van der Waals surface area contributed by atoms with Gasteiger partial charge in [0.05, 0.1) is 0 Å². The second kappa shape index (κ2) is 6.32. The van der Waals surface area contributed by atoms with Crippen molar-refractivity contribution in [2.24, 2.45) is 5.92 Å². The third-order valence-corrected chi connectivity index (χ3v) is 5.00. The summed E-state index contributed by atoms with van der Waals surface area (Å²) < 4.78 is 13.9. The van der Waals surface area contributed by atoms with Crippen LogP contribution in [0.4, 0.5) is 4.39 Å². The molecule has 1 aliphatic carbocycles. The van der Waals surface area contributed by atoms with Crippen molar-refractivity contribution in [2.45, 2.75) is 38.6 Å². The quantitative estimate of drug-likeness (QED) is 0.899. The van der Waals surface area contributed by atoms with Crippen molar-refractivity contribution in [1.82, 2.24) is 10.2 Å². The van der Waals surface area contributed by atoms with Crippen molar-refractivity contribution in [3.63, 3.8) is 0 Å². The Morgan fingerprint density at radius 1 is 1.24 bits per heavy atom. The van der Waals surface area contributed by atoms with Crippen LogP contribution in [0.15, 0.2) is 12.1 Å². The number of rotatable bonds is 3. The summed E-state index contributed by atoms with van der Waals surface area (Å²) in [5.41, 5.74) is 1.43. The molecule has 116 valence electrons. The largest absolute Gasteiger partial charge is 0.507 e. The maximum Gasteiger partial charge on any atom is 0.124 e. The summed E-state index contributed by atoms with van der Waals surface area (Å²) in [6.45, 7) is 5.66. The van der Waals surface area contributed by atoms with Crippen LogP contribution in [0, 0.1) is 18.7 Å². The molecule has 0 radical (unpaired) electrons. The van der Waals surface area contributed by atoms with Gasteiger partial charge in [0.2, 0.25) is 0 Å². The van der Waals surface area contributed by atoms with Crippen molar-refractivity contribution in [3.8, 4) is 5.75 Å². The fraction of sp³-hybridized carbons (Fsp3) is 0.647. The van der Waals surface area contributed by atoms with Gasteiger partial charge in [-0.05, 0) is 43.4 Å². The van der Waals surface area contributed by atoms with Crippen LogP contribution >= 0.6 is 0 Å². The van der Waals surface area contributed by atoms with Crippen molar-refractivity contribution in [1.29, 1.82) is 0 Å². The zero-order valence-electron chi connectivity index (χ0n) is 12.7. The normalized spacial score (nSPS) is 22.6. The van der Waals surface area contributed by atoms with E-state index in [4.69, 9.17) is 0 Å². The molecule has 1 atom stereocenters. The van der Waals surface area contributed by atoms with E-state index in [9.17, 15) is 9.50 Å². The van der Waals surface area contributed by atoms with Gasteiger partial charge in [0.25, 0.3) is 0 Å². The molecule has 21 heavy (non-hydrogen) atoms. The van der Waals surface area contributed by atoms with E-state index >= 15 is 0 Å². The predicted octanol–water partition coefficient (Wildman–Crippen LogP) is 2.98. The fourth-order valence-corrected chi connectivity index (χ4v) is 3.97. The summed E-state index contributed by atoms with van der Waals surface area (Å²) in [5, 5.41) is 13.8. The smallest absolute Gasteiger partial charge is 0.124 e. The third-order valence-electron chi connectivity index (χ3n) is 5.00. The first kappa shape index (κ1) is 14.8. The molecular weight excluding hydrogens is 267 g/mol. The Morgan fingerprint density at radius 3 is 2.57 bits per heavy atom. The van der Waals surface area contributed by atoms with E-state index in [1.54, 1.807) is 13.0 Å². The molecule has 0 unspecified atom stereocenters. The Balaban J connectivity index is 1.97. The second-order valence-corrected chi connectivity index (χ2v) is 6.44. The number of benzene rings is 1. The highest BCUT2D eigenvalue weighted by molar-refractivity contribution is 5.42. The molecule has 0 amide bonds. The molecule has 0 aromatic heterocycles. The number of nitrogens with zero attached hydrogens (tertiary/aromatic N) is 1. The van der Waals surface area contributed by atoms with Crippen LogP contribution in [-0.2, 0) is 0 Å². The van der Waals surface area contributed by atoms with Gasteiger partial charge in [0.1, 0.15) is 11.6 Å². The Hall–Kier alpha value is -1.13. The van der Waals surface area contributed by atoms with Gasteiger partial charge in [-0.1, -0.05) is 12.8 Å². The average molecular weight is 292 g/mol. The molecule has 1 aromatic rings. The van der Waals surface area contributed by atoms with Crippen LogP contribution in [0.5, 0.6) is 5.75 Å². The van der Waals surface area contributed by atoms with Gasteiger partial charge in [-0.25, -0.2) is 4.39 Å². The van der Waals surface area contributed by atoms with Gasteiger partial charge >= 0.3 is 0 Å². The van der Waals surface area contributed by atoms with Crippen LogP contribution in [0.25, 0.3) is 0 Å². The summed E-state index contributed by atoms with van der Waals surface area (Å²) in [7, 11) is 0. The summed E-state index contributed by atoms with van der Waals surface area (Å²) >= 11 is 0. The maximum atomic E-state index is 13.9. The summed E-state index contributed by atoms with van der Waals surface area (Å²) in [4.78, 5) is 2.43. The first-order chi connectivity index (χ1) is 10.2. The number of hydrogen-bond donors (Lipinski definition) is 2. The van der Waals surface area contributed by atoms with E-state index in [0.717, 1.165) is 31.7 Å². The molecular formula is C17H25FN2O. The third kappa shape index (κ3) is 3.06. The predicted molar refractivity (Wildman–Crippen MR) is 81.9 cm³/mol. The van der Waals surface area contributed by atoms with E-state index in [-0.39, 0.29) is 17.6 Å². The van der Waals surface area contributed by atoms with Gasteiger partial charge in [0, 0.05) is 37.8 Å². The molecule has 3 nitrogen and oxygen atoms in total. The number of phenolic OH excluding ortho intramolecular Hbond substituents is 1. The van der Waals surface area contributed by atoms with Crippen molar-refractivity contribution in [3.05, 3.63) is 29.1 Å². The van der Waals surface area contributed by atoms with Crippen LogP contribution < -0.4 is 5.32 Å². The number of piperazine rings is 1. The van der Waals surface area contributed by atoms with E-state index in [0.29, 0.717) is 11.5 Å². The molecule has 1 aromatic carbocycles. The lowest BCUT2D eigenvalue weighted by molar-refractivity contribution is 0.123. The number of phenols is 1. The van der Waals surface area contributed by atoms with Crippen LogP contribution in [0.1, 0.15) is 42.9 Å². The van der Waals surface area contributed by atoms with E-state index in [2.05, 4.69) is 10.2 Å². The van der Waals surface area contributed by atoms with Gasteiger partial charge in [0.15, 0.2) is 0 Å². The van der Waals surface area contributed by atoms with Gasteiger partial charge < -0.3 is 10.4 Å². The maximum absolute atomic E-state index is 13.9. The Bertz CT molecular complexity index is 494. The number of aryl methyl sites for hydroxylation is 1. The lowest BCUT2D eigenvalue weighted by Gasteiger charge is -2.39. The zero-order chi connectivity index (χ0) is 14.8. The Labute approximate surface area is 126 Å². The molecule has 4 heteroatoms. The molecule has 3 rings (SSSR count). The van der Waals surface area contributed by atoms with Crippen LogP contribution in [0.3, 0.4) is 0 Å².